The Morgan fingerprint density at radius 2 is 2.10 bits per heavy atom. The first-order chi connectivity index (χ1) is 10.3. The van der Waals surface area contributed by atoms with Crippen molar-refractivity contribution >= 4 is 6.29 Å². The van der Waals surface area contributed by atoms with Crippen LogP contribution in [-0.2, 0) is 20.9 Å². The number of rotatable bonds is 5. The van der Waals surface area contributed by atoms with E-state index < -0.39 is 0 Å². The predicted octanol–water partition coefficient (Wildman–Crippen LogP) is 1.93. The van der Waals surface area contributed by atoms with Crippen LogP contribution in [0.15, 0.2) is 30.3 Å². The van der Waals surface area contributed by atoms with E-state index in [-0.39, 0.29) is 18.2 Å². The lowest BCUT2D eigenvalue weighted by molar-refractivity contribution is -0.120. The van der Waals surface area contributed by atoms with Crippen molar-refractivity contribution in [2.24, 2.45) is 5.92 Å². The summed E-state index contributed by atoms with van der Waals surface area (Å²) in [6, 6.07) is 10.4. The monoisotopic (exact) mass is 289 g/mol. The standard InChI is InChI=1S/C17H23NO3/c1-12-16(9-19)18-17(11-20-12)14-7-15(8-14)21-10-13-5-3-2-4-6-13/h2-6,9,12,14-18H,7-8,10-11H2,1H3. The summed E-state index contributed by atoms with van der Waals surface area (Å²) in [5.41, 5.74) is 1.22. The lowest BCUT2D eigenvalue weighted by Gasteiger charge is -2.44. The summed E-state index contributed by atoms with van der Waals surface area (Å²) in [7, 11) is 0. The van der Waals surface area contributed by atoms with Gasteiger partial charge in [0.2, 0.25) is 0 Å². The number of hydrogen-bond donors (Lipinski definition) is 1. The first-order valence-corrected chi connectivity index (χ1v) is 7.74. The van der Waals surface area contributed by atoms with Crippen LogP contribution in [0.3, 0.4) is 0 Å². The van der Waals surface area contributed by atoms with Gasteiger partial charge in [0.25, 0.3) is 0 Å². The quantitative estimate of drug-likeness (QED) is 0.841. The molecule has 1 aliphatic heterocycles. The van der Waals surface area contributed by atoms with E-state index in [4.69, 9.17) is 9.47 Å². The molecular formula is C17H23NO3. The van der Waals surface area contributed by atoms with Crippen molar-refractivity contribution in [2.75, 3.05) is 6.61 Å². The molecule has 1 aromatic carbocycles. The molecule has 0 amide bonds. The van der Waals surface area contributed by atoms with Gasteiger partial charge >= 0.3 is 0 Å². The fourth-order valence-corrected chi connectivity index (χ4v) is 3.07. The van der Waals surface area contributed by atoms with Crippen molar-refractivity contribution in [1.29, 1.82) is 0 Å². The Hall–Kier alpha value is -1.23. The molecular weight excluding hydrogens is 266 g/mol. The Balaban J connectivity index is 1.40. The second kappa shape index (κ2) is 6.69. The Morgan fingerprint density at radius 1 is 1.33 bits per heavy atom. The topological polar surface area (TPSA) is 47.6 Å². The molecule has 3 unspecified atom stereocenters. The highest BCUT2D eigenvalue weighted by Gasteiger charge is 2.39. The van der Waals surface area contributed by atoms with Crippen molar-refractivity contribution in [3.05, 3.63) is 35.9 Å². The molecule has 4 nitrogen and oxygen atoms in total. The van der Waals surface area contributed by atoms with Crippen molar-refractivity contribution in [3.63, 3.8) is 0 Å². The lowest BCUT2D eigenvalue weighted by atomic mass is 9.76. The van der Waals surface area contributed by atoms with Crippen molar-refractivity contribution in [2.45, 2.75) is 50.7 Å². The largest absolute Gasteiger partial charge is 0.375 e. The van der Waals surface area contributed by atoms with Gasteiger partial charge in [-0.2, -0.15) is 0 Å². The van der Waals surface area contributed by atoms with Gasteiger partial charge in [-0.25, -0.2) is 0 Å². The summed E-state index contributed by atoms with van der Waals surface area (Å²) in [6.45, 7) is 3.32. The third-order valence-corrected chi connectivity index (χ3v) is 4.63. The highest BCUT2D eigenvalue weighted by molar-refractivity contribution is 5.58. The molecule has 1 heterocycles. The number of morpholine rings is 1. The summed E-state index contributed by atoms with van der Waals surface area (Å²) in [5, 5.41) is 3.40. The van der Waals surface area contributed by atoms with Gasteiger partial charge in [-0.05, 0) is 31.2 Å². The van der Waals surface area contributed by atoms with Crippen LogP contribution < -0.4 is 5.32 Å². The van der Waals surface area contributed by atoms with E-state index >= 15 is 0 Å². The van der Waals surface area contributed by atoms with Crippen molar-refractivity contribution in [1.82, 2.24) is 5.32 Å². The van der Waals surface area contributed by atoms with Crippen LogP contribution in [-0.4, -0.2) is 37.2 Å². The SMILES string of the molecule is CC1OCC(C2CC(OCc3ccccc3)C2)NC1C=O. The molecule has 2 fully saturated rings. The second-order valence-electron chi connectivity index (χ2n) is 6.12. The Bertz CT molecular complexity index is 458. The molecule has 2 aliphatic rings. The van der Waals surface area contributed by atoms with E-state index in [2.05, 4.69) is 17.4 Å². The maximum Gasteiger partial charge on any atom is 0.139 e. The zero-order valence-corrected chi connectivity index (χ0v) is 12.4. The predicted molar refractivity (Wildman–Crippen MR) is 79.9 cm³/mol. The summed E-state index contributed by atoms with van der Waals surface area (Å²) >= 11 is 0. The molecule has 0 aromatic heterocycles. The summed E-state index contributed by atoms with van der Waals surface area (Å²) in [5.74, 6) is 0.556. The van der Waals surface area contributed by atoms with E-state index in [1.807, 2.05) is 25.1 Å². The summed E-state index contributed by atoms with van der Waals surface area (Å²) in [6.07, 6.45) is 3.37. The Labute approximate surface area is 125 Å². The van der Waals surface area contributed by atoms with E-state index in [9.17, 15) is 4.79 Å². The smallest absolute Gasteiger partial charge is 0.139 e. The number of benzene rings is 1. The summed E-state index contributed by atoms with van der Waals surface area (Å²) in [4.78, 5) is 11.0. The van der Waals surface area contributed by atoms with Gasteiger partial charge in [-0.1, -0.05) is 30.3 Å². The van der Waals surface area contributed by atoms with Gasteiger partial charge in [0, 0.05) is 6.04 Å². The number of carbonyl (C=O) groups is 1. The maximum atomic E-state index is 11.0. The molecule has 114 valence electrons. The molecule has 1 saturated carbocycles. The van der Waals surface area contributed by atoms with Gasteiger partial charge in [0.1, 0.15) is 6.29 Å². The third kappa shape index (κ3) is 3.51. The van der Waals surface area contributed by atoms with Crippen LogP contribution in [0, 0.1) is 5.92 Å². The minimum Gasteiger partial charge on any atom is -0.375 e. The molecule has 1 N–H and O–H groups in total. The molecule has 0 bridgehead atoms. The molecule has 0 radical (unpaired) electrons. The molecule has 21 heavy (non-hydrogen) atoms. The first kappa shape index (κ1) is 14.7. The number of ether oxygens (including phenoxy) is 2. The average molecular weight is 289 g/mol. The van der Waals surface area contributed by atoms with Crippen molar-refractivity contribution < 1.29 is 14.3 Å². The van der Waals surface area contributed by atoms with E-state index in [0.717, 1.165) is 19.1 Å². The highest BCUT2D eigenvalue weighted by Crippen LogP contribution is 2.34. The van der Waals surface area contributed by atoms with E-state index in [1.54, 1.807) is 0 Å². The van der Waals surface area contributed by atoms with Gasteiger partial charge in [0.15, 0.2) is 0 Å². The number of aldehydes is 1. The normalized spacial score (nSPS) is 36.0. The van der Waals surface area contributed by atoms with Gasteiger partial charge in [-0.15, -0.1) is 0 Å². The number of hydrogen-bond acceptors (Lipinski definition) is 4. The van der Waals surface area contributed by atoms with Crippen LogP contribution in [0.1, 0.15) is 25.3 Å². The van der Waals surface area contributed by atoms with Gasteiger partial charge in [0.05, 0.1) is 31.5 Å². The van der Waals surface area contributed by atoms with Gasteiger partial charge in [-0.3, -0.25) is 0 Å². The summed E-state index contributed by atoms with van der Waals surface area (Å²) < 4.78 is 11.6. The molecule has 3 rings (SSSR count). The molecule has 1 aromatic rings. The lowest BCUT2D eigenvalue weighted by Crippen LogP contribution is -2.59. The van der Waals surface area contributed by atoms with Crippen LogP contribution in [0.4, 0.5) is 0 Å². The van der Waals surface area contributed by atoms with E-state index in [0.29, 0.717) is 25.2 Å². The minimum absolute atomic E-state index is 0.0241. The third-order valence-electron chi connectivity index (χ3n) is 4.63. The van der Waals surface area contributed by atoms with Crippen molar-refractivity contribution in [3.8, 4) is 0 Å². The molecule has 0 spiro atoms. The molecule has 3 atom stereocenters. The molecule has 4 heteroatoms. The first-order valence-electron chi connectivity index (χ1n) is 7.74. The fraction of sp³-hybridized carbons (Fsp3) is 0.588. The van der Waals surface area contributed by atoms with Crippen LogP contribution >= 0.6 is 0 Å². The second-order valence-corrected chi connectivity index (χ2v) is 6.12. The number of nitrogens with one attached hydrogen (secondary N) is 1. The zero-order chi connectivity index (χ0) is 14.7. The Kier molecular flexibility index (Phi) is 4.68. The fourth-order valence-electron chi connectivity index (χ4n) is 3.07. The average Bonchev–Trinajstić information content (AvgIpc) is 2.48. The molecule has 1 aliphatic carbocycles. The highest BCUT2D eigenvalue weighted by atomic mass is 16.5. The maximum absolute atomic E-state index is 11.0. The minimum atomic E-state index is -0.173. The van der Waals surface area contributed by atoms with Gasteiger partial charge < -0.3 is 19.6 Å². The van der Waals surface area contributed by atoms with E-state index in [1.165, 1.54) is 5.56 Å². The van der Waals surface area contributed by atoms with Crippen LogP contribution in [0.2, 0.25) is 0 Å². The molecule has 1 saturated heterocycles. The number of carbonyl (C=O) groups excluding carboxylic acids is 1. The zero-order valence-electron chi connectivity index (χ0n) is 12.4. The van der Waals surface area contributed by atoms with Crippen LogP contribution in [0.5, 0.6) is 0 Å². The van der Waals surface area contributed by atoms with Crippen LogP contribution in [0.25, 0.3) is 0 Å². The Morgan fingerprint density at radius 3 is 2.81 bits per heavy atom.